The van der Waals surface area contributed by atoms with Crippen LogP contribution in [0.2, 0.25) is 0 Å². The van der Waals surface area contributed by atoms with E-state index in [-0.39, 0.29) is 12.2 Å². The molecule has 0 amide bonds. The summed E-state index contributed by atoms with van der Waals surface area (Å²) in [6.07, 6.45) is 0.738. The lowest BCUT2D eigenvalue weighted by atomic mass is 9.99. The van der Waals surface area contributed by atoms with E-state index in [0.29, 0.717) is 5.56 Å². The molecule has 0 radical (unpaired) electrons. The lowest BCUT2D eigenvalue weighted by molar-refractivity contribution is -0.137. The number of hydrogen-bond acceptors (Lipinski definition) is 3. The molecule has 0 saturated heterocycles. The predicted molar refractivity (Wildman–Crippen MR) is 69.9 cm³/mol. The summed E-state index contributed by atoms with van der Waals surface area (Å²) >= 11 is 0. The molecule has 1 aromatic carbocycles. The van der Waals surface area contributed by atoms with Gasteiger partial charge in [0.05, 0.1) is 12.5 Å². The smallest absolute Gasteiger partial charge is 0.305 e. The van der Waals surface area contributed by atoms with Crippen LogP contribution in [0.25, 0.3) is 0 Å². The lowest BCUT2D eigenvalue weighted by Crippen LogP contribution is -2.37. The monoisotopic (exact) mass is 249 g/mol. The first-order chi connectivity index (χ1) is 8.45. The van der Waals surface area contributed by atoms with Gasteiger partial charge in [-0.05, 0) is 26.1 Å². The summed E-state index contributed by atoms with van der Waals surface area (Å²) in [5.41, 5.74) is 1.72. The van der Waals surface area contributed by atoms with Gasteiger partial charge in [-0.15, -0.1) is 0 Å². The summed E-state index contributed by atoms with van der Waals surface area (Å²) in [6.45, 7) is 2.05. The van der Waals surface area contributed by atoms with Gasteiger partial charge in [0.25, 0.3) is 0 Å². The van der Waals surface area contributed by atoms with Crippen molar-refractivity contribution < 1.29 is 14.7 Å². The molecule has 98 valence electrons. The third-order valence-electron chi connectivity index (χ3n) is 2.94. The molecule has 0 fully saturated rings. The number of Topliss-reactive ketones (excluding diaryl/α,β-unsaturated/α-hetero) is 1. The Labute approximate surface area is 107 Å². The van der Waals surface area contributed by atoms with Gasteiger partial charge in [0.15, 0.2) is 5.78 Å². The number of benzene rings is 1. The van der Waals surface area contributed by atoms with Crippen molar-refractivity contribution >= 4 is 11.8 Å². The van der Waals surface area contributed by atoms with E-state index in [0.717, 1.165) is 12.0 Å². The van der Waals surface area contributed by atoms with E-state index in [1.54, 1.807) is 31.1 Å². The highest BCUT2D eigenvalue weighted by atomic mass is 16.4. The quantitative estimate of drug-likeness (QED) is 0.781. The molecule has 0 spiro atoms. The van der Waals surface area contributed by atoms with Crippen molar-refractivity contribution in [2.45, 2.75) is 25.8 Å². The summed E-state index contributed by atoms with van der Waals surface area (Å²) < 4.78 is 0. The van der Waals surface area contributed by atoms with Crippen LogP contribution in [-0.2, 0) is 11.2 Å². The number of hydrogen-bond donors (Lipinski definition) is 1. The van der Waals surface area contributed by atoms with E-state index in [1.165, 1.54) is 0 Å². The number of carbonyl (C=O) groups is 2. The average molecular weight is 249 g/mol. The predicted octanol–water partition coefficient (Wildman–Crippen LogP) is 1.84. The van der Waals surface area contributed by atoms with Crippen molar-refractivity contribution in [1.82, 2.24) is 4.90 Å². The summed E-state index contributed by atoms with van der Waals surface area (Å²) in [6, 6.07) is 6.72. The molecule has 0 aliphatic heterocycles. The SMILES string of the molecule is CCc1ccc(C(=O)C(CC(=O)O)N(C)C)cc1. The first-order valence-electron chi connectivity index (χ1n) is 5.97. The van der Waals surface area contributed by atoms with Crippen molar-refractivity contribution in [3.63, 3.8) is 0 Å². The molecular weight excluding hydrogens is 230 g/mol. The van der Waals surface area contributed by atoms with Crippen LogP contribution in [-0.4, -0.2) is 41.9 Å². The third kappa shape index (κ3) is 3.67. The molecule has 0 saturated carbocycles. The summed E-state index contributed by atoms with van der Waals surface area (Å²) in [4.78, 5) is 24.6. The van der Waals surface area contributed by atoms with Crippen LogP contribution >= 0.6 is 0 Å². The largest absolute Gasteiger partial charge is 0.481 e. The molecule has 1 atom stereocenters. The number of carboxylic acids is 1. The zero-order valence-electron chi connectivity index (χ0n) is 11.0. The summed E-state index contributed by atoms with van der Waals surface area (Å²) in [5, 5.41) is 8.83. The molecule has 4 nitrogen and oxygen atoms in total. The Morgan fingerprint density at radius 1 is 1.22 bits per heavy atom. The first-order valence-corrected chi connectivity index (χ1v) is 5.97. The van der Waals surface area contributed by atoms with Gasteiger partial charge in [-0.2, -0.15) is 0 Å². The Bertz CT molecular complexity index is 423. The maximum absolute atomic E-state index is 12.2. The molecule has 0 heterocycles. The Morgan fingerprint density at radius 2 is 1.78 bits per heavy atom. The van der Waals surface area contributed by atoms with Crippen molar-refractivity contribution in [2.24, 2.45) is 0 Å². The van der Waals surface area contributed by atoms with E-state index in [9.17, 15) is 9.59 Å². The Kier molecular flexibility index (Phi) is 5.04. The fourth-order valence-corrected chi connectivity index (χ4v) is 1.77. The number of nitrogens with zero attached hydrogens (tertiary/aromatic N) is 1. The van der Waals surface area contributed by atoms with E-state index in [2.05, 4.69) is 0 Å². The zero-order valence-corrected chi connectivity index (χ0v) is 11.0. The minimum Gasteiger partial charge on any atom is -0.481 e. The second-order valence-electron chi connectivity index (χ2n) is 4.49. The van der Waals surface area contributed by atoms with Crippen LogP contribution in [0.1, 0.15) is 29.3 Å². The van der Waals surface area contributed by atoms with Gasteiger partial charge in [-0.25, -0.2) is 0 Å². The normalized spacial score (nSPS) is 12.4. The van der Waals surface area contributed by atoms with E-state index in [1.807, 2.05) is 19.1 Å². The second-order valence-corrected chi connectivity index (χ2v) is 4.49. The van der Waals surface area contributed by atoms with Gasteiger partial charge < -0.3 is 5.11 Å². The van der Waals surface area contributed by atoms with E-state index < -0.39 is 12.0 Å². The number of rotatable bonds is 6. The molecule has 1 aromatic rings. The molecule has 1 N–H and O–H groups in total. The van der Waals surface area contributed by atoms with Crippen molar-refractivity contribution in [1.29, 1.82) is 0 Å². The maximum Gasteiger partial charge on any atom is 0.305 e. The molecule has 4 heteroatoms. The first kappa shape index (κ1) is 14.4. The van der Waals surface area contributed by atoms with Gasteiger partial charge >= 0.3 is 5.97 Å². The summed E-state index contributed by atoms with van der Waals surface area (Å²) in [5.74, 6) is -1.11. The van der Waals surface area contributed by atoms with Gasteiger partial charge in [-0.1, -0.05) is 31.2 Å². The molecule has 1 rings (SSSR count). The fraction of sp³-hybridized carbons (Fsp3) is 0.429. The number of ketones is 1. The Morgan fingerprint density at radius 3 is 2.17 bits per heavy atom. The lowest BCUT2D eigenvalue weighted by Gasteiger charge is -2.21. The Hall–Kier alpha value is -1.68. The Balaban J connectivity index is 2.90. The highest BCUT2D eigenvalue weighted by Crippen LogP contribution is 2.12. The van der Waals surface area contributed by atoms with Crippen LogP contribution in [0.4, 0.5) is 0 Å². The van der Waals surface area contributed by atoms with Crippen molar-refractivity contribution in [2.75, 3.05) is 14.1 Å². The van der Waals surface area contributed by atoms with Crippen LogP contribution in [0.15, 0.2) is 24.3 Å². The van der Waals surface area contributed by atoms with Crippen LogP contribution in [0, 0.1) is 0 Å². The molecule has 1 unspecified atom stereocenters. The number of carbonyl (C=O) groups excluding carboxylic acids is 1. The highest BCUT2D eigenvalue weighted by molar-refractivity contribution is 6.01. The van der Waals surface area contributed by atoms with Gasteiger partial charge in [-0.3, -0.25) is 14.5 Å². The standard InChI is InChI=1S/C14H19NO3/c1-4-10-5-7-11(8-6-10)14(18)12(15(2)3)9-13(16)17/h5-8,12H,4,9H2,1-3H3,(H,16,17). The van der Waals surface area contributed by atoms with Crippen LogP contribution < -0.4 is 0 Å². The minimum absolute atomic E-state index is 0.148. The fourth-order valence-electron chi connectivity index (χ4n) is 1.77. The number of carboxylic acid groups (broad SMARTS) is 1. The van der Waals surface area contributed by atoms with E-state index >= 15 is 0 Å². The van der Waals surface area contributed by atoms with Crippen LogP contribution in [0.5, 0.6) is 0 Å². The number of likely N-dealkylation sites (N-methyl/N-ethyl adjacent to an activating group) is 1. The highest BCUT2D eigenvalue weighted by Gasteiger charge is 2.24. The number of aryl methyl sites for hydroxylation is 1. The van der Waals surface area contributed by atoms with Crippen molar-refractivity contribution in [3.8, 4) is 0 Å². The minimum atomic E-state index is -0.966. The second kappa shape index (κ2) is 6.31. The summed E-state index contributed by atoms with van der Waals surface area (Å²) in [7, 11) is 3.43. The molecule has 0 aliphatic rings. The van der Waals surface area contributed by atoms with Gasteiger partial charge in [0.2, 0.25) is 0 Å². The van der Waals surface area contributed by atoms with Crippen LogP contribution in [0.3, 0.4) is 0 Å². The average Bonchev–Trinajstić information content (AvgIpc) is 2.34. The molecular formula is C14H19NO3. The van der Waals surface area contributed by atoms with E-state index in [4.69, 9.17) is 5.11 Å². The zero-order chi connectivity index (χ0) is 13.7. The molecule has 0 aromatic heterocycles. The number of aliphatic carboxylic acids is 1. The third-order valence-corrected chi connectivity index (χ3v) is 2.94. The van der Waals surface area contributed by atoms with Crippen molar-refractivity contribution in [3.05, 3.63) is 35.4 Å². The van der Waals surface area contributed by atoms with Gasteiger partial charge in [0, 0.05) is 5.56 Å². The van der Waals surface area contributed by atoms with Gasteiger partial charge in [0.1, 0.15) is 0 Å². The molecule has 0 aliphatic carbocycles. The molecule has 18 heavy (non-hydrogen) atoms. The topological polar surface area (TPSA) is 57.6 Å². The maximum atomic E-state index is 12.2. The molecule has 0 bridgehead atoms.